The highest BCUT2D eigenvalue weighted by atomic mass is 32.2. The Morgan fingerprint density at radius 2 is 1.89 bits per heavy atom. The van der Waals surface area contributed by atoms with Crippen molar-refractivity contribution in [3.8, 4) is 0 Å². The van der Waals surface area contributed by atoms with Crippen molar-refractivity contribution in [1.29, 1.82) is 0 Å². The van der Waals surface area contributed by atoms with Gasteiger partial charge in [0, 0.05) is 38.8 Å². The van der Waals surface area contributed by atoms with Gasteiger partial charge in [-0.05, 0) is 30.0 Å². The Labute approximate surface area is 159 Å². The molecule has 2 aliphatic rings. The fourth-order valence-corrected chi connectivity index (χ4v) is 5.44. The second-order valence-electron chi connectivity index (χ2n) is 7.60. The number of fused-ring (bicyclic) bond motifs is 1. The molecular formula is C19H24N4O3S. The summed E-state index contributed by atoms with van der Waals surface area (Å²) in [5, 5.41) is 4.12. The summed E-state index contributed by atoms with van der Waals surface area (Å²) in [7, 11) is -1.47. The number of nitrogens with zero attached hydrogens (tertiary/aromatic N) is 4. The lowest BCUT2D eigenvalue weighted by Gasteiger charge is -2.30. The number of sulfonamides is 1. The lowest BCUT2D eigenvalue weighted by Crippen LogP contribution is -2.38. The Kier molecular flexibility index (Phi) is 4.35. The smallest absolute Gasteiger partial charge is 0.272 e. The van der Waals surface area contributed by atoms with Gasteiger partial charge in [0.25, 0.3) is 5.91 Å². The van der Waals surface area contributed by atoms with Gasteiger partial charge in [-0.1, -0.05) is 24.3 Å². The molecule has 8 heteroatoms. The molecule has 1 aromatic carbocycles. The van der Waals surface area contributed by atoms with Crippen LogP contribution in [0.25, 0.3) is 0 Å². The van der Waals surface area contributed by atoms with Crippen LogP contribution >= 0.6 is 0 Å². The highest BCUT2D eigenvalue weighted by Gasteiger charge is 2.51. The lowest BCUT2D eigenvalue weighted by atomic mass is 9.87. The van der Waals surface area contributed by atoms with Crippen molar-refractivity contribution in [2.45, 2.75) is 13.0 Å². The topological polar surface area (TPSA) is 75.5 Å². The zero-order chi connectivity index (χ0) is 19.3. The first kappa shape index (κ1) is 18.2. The van der Waals surface area contributed by atoms with Gasteiger partial charge in [0.15, 0.2) is 0 Å². The molecule has 1 aromatic heterocycles. The summed E-state index contributed by atoms with van der Waals surface area (Å²) >= 11 is 0. The van der Waals surface area contributed by atoms with Gasteiger partial charge in [0.05, 0.1) is 12.3 Å². The second-order valence-corrected chi connectivity index (χ2v) is 9.59. The first-order chi connectivity index (χ1) is 12.8. The number of amides is 1. The Bertz CT molecular complexity index is 984. The van der Waals surface area contributed by atoms with Crippen LogP contribution in [0.5, 0.6) is 0 Å². The van der Waals surface area contributed by atoms with E-state index in [4.69, 9.17) is 0 Å². The van der Waals surface area contributed by atoms with E-state index >= 15 is 0 Å². The van der Waals surface area contributed by atoms with E-state index in [1.807, 2.05) is 30.0 Å². The van der Waals surface area contributed by atoms with E-state index in [0.717, 1.165) is 11.1 Å². The van der Waals surface area contributed by atoms with Crippen molar-refractivity contribution in [3.63, 3.8) is 0 Å². The van der Waals surface area contributed by atoms with E-state index in [1.54, 1.807) is 28.3 Å². The van der Waals surface area contributed by atoms with Crippen LogP contribution in [0.1, 0.15) is 27.7 Å². The van der Waals surface area contributed by atoms with Crippen molar-refractivity contribution >= 4 is 15.9 Å². The van der Waals surface area contributed by atoms with Gasteiger partial charge in [-0.2, -0.15) is 5.10 Å². The summed E-state index contributed by atoms with van der Waals surface area (Å²) in [6, 6.07) is 9.65. The van der Waals surface area contributed by atoms with E-state index in [-0.39, 0.29) is 23.8 Å². The Balaban J connectivity index is 1.74. The second kappa shape index (κ2) is 6.45. The van der Waals surface area contributed by atoms with Crippen molar-refractivity contribution < 1.29 is 13.2 Å². The van der Waals surface area contributed by atoms with Crippen LogP contribution in [0.2, 0.25) is 0 Å². The monoisotopic (exact) mass is 388 g/mol. The van der Waals surface area contributed by atoms with Gasteiger partial charge in [-0.3, -0.25) is 9.48 Å². The van der Waals surface area contributed by atoms with Gasteiger partial charge in [0.2, 0.25) is 10.0 Å². The highest BCUT2D eigenvalue weighted by Crippen LogP contribution is 2.46. The molecule has 144 valence electrons. The van der Waals surface area contributed by atoms with Gasteiger partial charge < -0.3 is 4.90 Å². The van der Waals surface area contributed by atoms with Crippen LogP contribution in [0.4, 0.5) is 0 Å². The van der Waals surface area contributed by atoms with Crippen LogP contribution < -0.4 is 0 Å². The van der Waals surface area contributed by atoms with Gasteiger partial charge in [0.1, 0.15) is 5.69 Å². The normalized spacial score (nSPS) is 25.7. The Hall–Kier alpha value is -2.19. The number of benzene rings is 1. The maximum Gasteiger partial charge on any atom is 0.272 e. The predicted octanol–water partition coefficient (Wildman–Crippen LogP) is 1.43. The molecule has 0 bridgehead atoms. The minimum atomic E-state index is -3.23. The van der Waals surface area contributed by atoms with E-state index in [2.05, 4.69) is 11.2 Å². The fourth-order valence-electron chi connectivity index (χ4n) is 4.53. The third-order valence-electron chi connectivity index (χ3n) is 5.91. The number of aromatic nitrogens is 2. The largest absolute Gasteiger partial charge is 0.330 e. The molecule has 2 aliphatic heterocycles. The summed E-state index contributed by atoms with van der Waals surface area (Å²) in [6.07, 6.45) is 2.88. The molecule has 4 rings (SSSR count). The van der Waals surface area contributed by atoms with Crippen molar-refractivity contribution in [3.05, 3.63) is 53.3 Å². The minimum absolute atomic E-state index is 0.0523. The molecular weight excluding hydrogens is 364 g/mol. The number of carbonyl (C=O) groups is 1. The molecule has 27 heavy (non-hydrogen) atoms. The Morgan fingerprint density at radius 1 is 1.15 bits per heavy atom. The van der Waals surface area contributed by atoms with Crippen LogP contribution in [0.15, 0.2) is 36.5 Å². The molecule has 0 unspecified atom stereocenters. The van der Waals surface area contributed by atoms with E-state index in [1.165, 1.54) is 6.26 Å². The molecule has 1 amide bonds. The molecule has 3 atom stereocenters. The third kappa shape index (κ3) is 3.06. The number of carbonyl (C=O) groups excluding carboxylic acids is 1. The fraction of sp³-hybridized carbons (Fsp3) is 0.474. The SMILES string of the molecule is Cc1ccccc1[C@H]1[C@H]2CN(S(C)(=O)=O)C[C@H]2CN1C(=O)c1ccnn1C. The Morgan fingerprint density at radius 3 is 2.52 bits per heavy atom. The van der Waals surface area contributed by atoms with Crippen LogP contribution in [-0.2, 0) is 17.1 Å². The van der Waals surface area contributed by atoms with Crippen LogP contribution in [0.3, 0.4) is 0 Å². The molecule has 2 aromatic rings. The lowest BCUT2D eigenvalue weighted by molar-refractivity contribution is 0.0697. The first-order valence-electron chi connectivity index (χ1n) is 9.07. The molecule has 3 heterocycles. The average molecular weight is 388 g/mol. The van der Waals surface area contributed by atoms with Gasteiger partial charge in [-0.25, -0.2) is 12.7 Å². The van der Waals surface area contributed by atoms with E-state index < -0.39 is 10.0 Å². The number of rotatable bonds is 3. The number of hydrogen-bond acceptors (Lipinski definition) is 4. The quantitative estimate of drug-likeness (QED) is 0.797. The zero-order valence-electron chi connectivity index (χ0n) is 15.7. The minimum Gasteiger partial charge on any atom is -0.330 e. The predicted molar refractivity (Wildman–Crippen MR) is 102 cm³/mol. The summed E-state index contributed by atoms with van der Waals surface area (Å²) in [6.45, 7) is 3.52. The number of aryl methyl sites for hydroxylation is 2. The average Bonchev–Trinajstić information content (AvgIpc) is 3.28. The maximum absolute atomic E-state index is 13.3. The molecule has 0 saturated carbocycles. The molecule has 0 spiro atoms. The molecule has 7 nitrogen and oxygen atoms in total. The molecule has 2 fully saturated rings. The summed E-state index contributed by atoms with van der Waals surface area (Å²) in [5.41, 5.74) is 2.76. The summed E-state index contributed by atoms with van der Waals surface area (Å²) < 4.78 is 27.3. The van der Waals surface area contributed by atoms with Crippen molar-refractivity contribution in [1.82, 2.24) is 19.0 Å². The maximum atomic E-state index is 13.3. The van der Waals surface area contributed by atoms with Gasteiger partial charge >= 0.3 is 0 Å². The first-order valence-corrected chi connectivity index (χ1v) is 10.9. The third-order valence-corrected chi connectivity index (χ3v) is 7.14. The van der Waals surface area contributed by atoms with Gasteiger partial charge in [-0.15, -0.1) is 0 Å². The highest BCUT2D eigenvalue weighted by molar-refractivity contribution is 7.88. The molecule has 2 saturated heterocycles. The van der Waals surface area contributed by atoms with E-state index in [0.29, 0.717) is 25.3 Å². The van der Waals surface area contributed by atoms with Crippen molar-refractivity contribution in [2.75, 3.05) is 25.9 Å². The number of likely N-dealkylation sites (tertiary alicyclic amines) is 1. The molecule has 0 N–H and O–H groups in total. The van der Waals surface area contributed by atoms with Crippen molar-refractivity contribution in [2.24, 2.45) is 18.9 Å². The number of hydrogen-bond donors (Lipinski definition) is 0. The van der Waals surface area contributed by atoms with E-state index in [9.17, 15) is 13.2 Å². The summed E-state index contributed by atoms with van der Waals surface area (Å²) in [4.78, 5) is 15.2. The molecule has 0 aliphatic carbocycles. The summed E-state index contributed by atoms with van der Waals surface area (Å²) in [5.74, 6) is 0.183. The standard InChI is InChI=1S/C19H24N4O3S/c1-13-6-4-5-7-15(13)18-16-12-22(27(3,25)26)10-14(16)11-23(18)19(24)17-8-9-20-21(17)2/h4-9,14,16,18H,10-12H2,1-3H3/t14-,16-,18-/m0/s1. The molecule has 0 radical (unpaired) electrons. The zero-order valence-corrected chi connectivity index (χ0v) is 16.6. The van der Waals surface area contributed by atoms with Crippen LogP contribution in [-0.4, -0.2) is 59.2 Å². The van der Waals surface area contributed by atoms with Crippen LogP contribution in [0, 0.1) is 18.8 Å².